The van der Waals surface area contributed by atoms with Crippen LogP contribution in [0.4, 0.5) is 5.69 Å². The van der Waals surface area contributed by atoms with Gasteiger partial charge >= 0.3 is 23.4 Å². The molecule has 8 nitrogen and oxygen atoms in total. The first-order valence-electron chi connectivity index (χ1n) is 6.31. The molecule has 21 heavy (non-hydrogen) atoms. The Bertz CT molecular complexity index is 515. The maximum Gasteiger partial charge on any atom is 1.00 e. The first-order valence-corrected chi connectivity index (χ1v) is 7.38. The summed E-state index contributed by atoms with van der Waals surface area (Å²) < 4.78 is 33.8. The number of likely N-dealkylation sites (tertiary alicyclic amines) is 1. The number of hydrogen-bond donors (Lipinski definition) is 1. The minimum atomic E-state index is -2.45. The van der Waals surface area contributed by atoms with Crippen LogP contribution in [0.2, 0.25) is 0 Å². The van der Waals surface area contributed by atoms with Crippen LogP contribution in [0.3, 0.4) is 0 Å². The molecule has 0 aromatic carbocycles. The molecular weight excluding hydrogens is 311 g/mol. The summed E-state index contributed by atoms with van der Waals surface area (Å²) in [6.07, 6.45) is 3.78. The molecule has 1 aliphatic heterocycles. The van der Waals surface area contributed by atoms with Crippen LogP contribution in [0.1, 0.15) is 12.8 Å². The van der Waals surface area contributed by atoms with Gasteiger partial charge in [-0.3, -0.25) is 4.90 Å². The normalized spacial score (nSPS) is 14.8. The third-order valence-electron chi connectivity index (χ3n) is 2.96. The van der Waals surface area contributed by atoms with E-state index in [2.05, 4.69) is 19.6 Å². The van der Waals surface area contributed by atoms with Crippen molar-refractivity contribution >= 4 is 33.9 Å². The first-order chi connectivity index (χ1) is 9.69. The molecule has 1 aromatic heterocycles. The number of hydrogen-bond acceptors (Lipinski definition) is 8. The summed E-state index contributed by atoms with van der Waals surface area (Å²) in [5.74, 6) is 0.125. The van der Waals surface area contributed by atoms with E-state index in [0.29, 0.717) is 6.61 Å². The first kappa shape index (κ1) is 18.0. The molecule has 0 saturated carbocycles. The van der Waals surface area contributed by atoms with Gasteiger partial charge in [0.2, 0.25) is 5.88 Å². The third-order valence-corrected chi connectivity index (χ3v) is 3.34. The molecule has 0 unspecified atom stereocenters. The zero-order valence-electron chi connectivity index (χ0n) is 11.8. The van der Waals surface area contributed by atoms with E-state index >= 15 is 0 Å². The number of nitrogens with zero attached hydrogens (tertiary/aromatic N) is 3. The quantitative estimate of drug-likeness (QED) is 0.565. The van der Waals surface area contributed by atoms with Gasteiger partial charge in [0, 0.05) is 17.4 Å². The Kier molecular flexibility index (Phi) is 7.74. The fourth-order valence-corrected chi connectivity index (χ4v) is 2.33. The van der Waals surface area contributed by atoms with Gasteiger partial charge in [0.1, 0.15) is 12.3 Å². The van der Waals surface area contributed by atoms with Gasteiger partial charge in [-0.1, -0.05) is 0 Å². The zero-order valence-corrected chi connectivity index (χ0v) is 13.8. The maximum absolute atomic E-state index is 10.6. The van der Waals surface area contributed by atoms with Gasteiger partial charge in [0.25, 0.3) is 0 Å². The summed E-state index contributed by atoms with van der Waals surface area (Å²) in [6.45, 7) is 3.52. The van der Waals surface area contributed by atoms with E-state index in [4.69, 9.17) is 9.47 Å². The Hall–Kier alpha value is -1.08. The fourth-order valence-electron chi connectivity index (χ4n) is 2.01. The van der Waals surface area contributed by atoms with E-state index < -0.39 is 10.9 Å². The maximum atomic E-state index is 10.6. The van der Waals surface area contributed by atoms with E-state index in [1.807, 2.05) is 0 Å². The third kappa shape index (κ3) is 5.67. The number of nitrogens with one attached hydrogen (secondary N) is 1. The SMILES string of the molecule is COc1nc(OCCN2CCCC2)ncc1N[S-](=O)=O.[Al+]. The molecule has 2 radical (unpaired) electrons. The van der Waals surface area contributed by atoms with Crippen molar-refractivity contribution in [3.05, 3.63) is 6.20 Å². The van der Waals surface area contributed by atoms with Crippen LogP contribution in [0.5, 0.6) is 11.9 Å². The van der Waals surface area contributed by atoms with Crippen molar-refractivity contribution < 1.29 is 17.9 Å². The number of rotatable bonds is 7. The molecule has 114 valence electrons. The molecular formula is C11H17AlN4O4S. The summed E-state index contributed by atoms with van der Waals surface area (Å²) in [4.78, 5) is 10.2. The molecule has 2 heterocycles. The minimum absolute atomic E-state index is 0. The number of methoxy groups -OCH3 is 1. The minimum Gasteiger partial charge on any atom is -0.479 e. The summed E-state index contributed by atoms with van der Waals surface area (Å²) in [5, 5.41) is 0. The molecule has 1 N–H and O–H groups in total. The molecule has 1 aromatic rings. The monoisotopic (exact) mass is 328 g/mol. The average molecular weight is 328 g/mol. The van der Waals surface area contributed by atoms with Gasteiger partial charge in [0.15, 0.2) is 0 Å². The standard InChI is InChI=1S/C11H17N4O4S.Al/c1-18-10-9(14-20(16)17)8-12-11(13-10)19-7-6-15-4-2-3-5-15;/h8H,2-7H2,1H3,(H,14,16,17);/q-1;+1. The van der Waals surface area contributed by atoms with Gasteiger partial charge in [-0.05, 0) is 25.9 Å². The molecule has 1 aliphatic rings. The summed E-state index contributed by atoms with van der Waals surface area (Å²) in [6, 6.07) is 0.170. The van der Waals surface area contributed by atoms with Crippen molar-refractivity contribution in [1.82, 2.24) is 14.9 Å². The van der Waals surface area contributed by atoms with E-state index in [1.165, 1.54) is 26.1 Å². The van der Waals surface area contributed by atoms with E-state index in [9.17, 15) is 8.42 Å². The Morgan fingerprint density at radius 3 is 2.71 bits per heavy atom. The Labute approximate surface area is 136 Å². The van der Waals surface area contributed by atoms with E-state index in [1.54, 1.807) is 0 Å². The molecule has 1 fully saturated rings. The molecule has 0 atom stereocenters. The van der Waals surface area contributed by atoms with Crippen molar-refractivity contribution in [2.75, 3.05) is 38.1 Å². The van der Waals surface area contributed by atoms with Crippen LogP contribution >= 0.6 is 0 Å². The molecule has 1 saturated heterocycles. The second kappa shape index (κ2) is 9.05. The second-order valence-corrected chi connectivity index (χ2v) is 4.98. The molecule has 10 heteroatoms. The van der Waals surface area contributed by atoms with Crippen molar-refractivity contribution in [1.29, 1.82) is 0 Å². The average Bonchev–Trinajstić information content (AvgIpc) is 2.93. The Morgan fingerprint density at radius 1 is 1.38 bits per heavy atom. The van der Waals surface area contributed by atoms with E-state index in [0.717, 1.165) is 19.6 Å². The largest absolute Gasteiger partial charge is 1.00 e. The van der Waals surface area contributed by atoms with Crippen LogP contribution in [0.15, 0.2) is 6.20 Å². The van der Waals surface area contributed by atoms with Gasteiger partial charge in [-0.25, -0.2) is 4.98 Å². The summed E-state index contributed by atoms with van der Waals surface area (Å²) in [5.41, 5.74) is 0.174. The predicted molar refractivity (Wildman–Crippen MR) is 77.9 cm³/mol. The van der Waals surface area contributed by atoms with Crippen LogP contribution in [-0.2, 0) is 19.3 Å². The smallest absolute Gasteiger partial charge is 0.479 e. The van der Waals surface area contributed by atoms with Gasteiger partial charge < -0.3 is 22.6 Å². The predicted octanol–water partition coefficient (Wildman–Crippen LogP) is 0.215. The van der Waals surface area contributed by atoms with E-state index in [-0.39, 0.29) is 34.9 Å². The van der Waals surface area contributed by atoms with Crippen LogP contribution in [0.25, 0.3) is 0 Å². The Balaban J connectivity index is 0.00000220. The zero-order chi connectivity index (χ0) is 14.4. The van der Waals surface area contributed by atoms with Gasteiger partial charge in [-0.15, -0.1) is 0 Å². The molecule has 0 bridgehead atoms. The topological polar surface area (TPSA) is 93.7 Å². The van der Waals surface area contributed by atoms with Crippen molar-refractivity contribution in [3.63, 3.8) is 0 Å². The second-order valence-electron chi connectivity index (χ2n) is 4.31. The van der Waals surface area contributed by atoms with Crippen LogP contribution in [0, 0.1) is 0 Å². The fraction of sp³-hybridized carbons (Fsp3) is 0.636. The van der Waals surface area contributed by atoms with Crippen LogP contribution < -0.4 is 14.2 Å². The summed E-state index contributed by atoms with van der Waals surface area (Å²) in [7, 11) is -1.05. The van der Waals surface area contributed by atoms with Crippen LogP contribution in [-0.4, -0.2) is 65.6 Å². The molecule has 0 amide bonds. The number of aromatic nitrogens is 2. The van der Waals surface area contributed by atoms with Gasteiger partial charge in [0.05, 0.1) is 13.3 Å². The molecule has 0 spiro atoms. The number of anilines is 1. The molecule has 0 aliphatic carbocycles. The van der Waals surface area contributed by atoms with Gasteiger partial charge in [-0.2, -0.15) is 4.98 Å². The van der Waals surface area contributed by atoms with Crippen molar-refractivity contribution in [2.45, 2.75) is 12.8 Å². The van der Waals surface area contributed by atoms with Crippen molar-refractivity contribution in [3.8, 4) is 11.9 Å². The molecule has 2 rings (SSSR count). The van der Waals surface area contributed by atoms with Crippen molar-refractivity contribution in [2.24, 2.45) is 0 Å². The summed E-state index contributed by atoms with van der Waals surface area (Å²) >= 11 is 0. The number of ether oxygens (including phenoxy) is 2. The Morgan fingerprint density at radius 2 is 2.10 bits per heavy atom.